The van der Waals surface area contributed by atoms with Crippen LogP contribution in [0.5, 0.6) is 5.75 Å². The van der Waals surface area contributed by atoms with Crippen LogP contribution in [0, 0.1) is 18.6 Å². The van der Waals surface area contributed by atoms with Gasteiger partial charge >= 0.3 is 0 Å². The van der Waals surface area contributed by atoms with Gasteiger partial charge < -0.3 is 14.2 Å². The Balaban J connectivity index is 1.45. The SMILES string of the molecule is CCc1nc(NS(C)(=O)=O)ccc1OCC(=O)N1CCc2nc3n(c2C1c1cc(F)c(C)cc1F)CCS3. The summed E-state index contributed by atoms with van der Waals surface area (Å²) in [5.41, 5.74) is 2.23. The van der Waals surface area contributed by atoms with Crippen molar-refractivity contribution in [3.8, 4) is 5.75 Å². The lowest BCUT2D eigenvalue weighted by molar-refractivity contribution is -0.135. The van der Waals surface area contributed by atoms with Gasteiger partial charge in [-0.25, -0.2) is 27.2 Å². The van der Waals surface area contributed by atoms with Gasteiger partial charge in [-0.15, -0.1) is 0 Å². The van der Waals surface area contributed by atoms with Gasteiger partial charge in [0.15, 0.2) is 11.8 Å². The van der Waals surface area contributed by atoms with Crippen LogP contribution in [0.15, 0.2) is 29.4 Å². The van der Waals surface area contributed by atoms with E-state index in [4.69, 9.17) is 9.72 Å². The first-order valence-electron chi connectivity index (χ1n) is 12.1. The number of amides is 1. The number of fused-ring (bicyclic) bond motifs is 3. The Morgan fingerprint density at radius 3 is 2.74 bits per heavy atom. The highest BCUT2D eigenvalue weighted by molar-refractivity contribution is 7.99. The van der Waals surface area contributed by atoms with Crippen molar-refractivity contribution < 1.29 is 26.7 Å². The molecule has 13 heteroatoms. The quantitative estimate of drug-likeness (QED) is 0.469. The number of hydrogen-bond acceptors (Lipinski definition) is 7. The molecule has 1 atom stereocenters. The molecule has 0 spiro atoms. The summed E-state index contributed by atoms with van der Waals surface area (Å²) < 4.78 is 63.1. The number of carbonyl (C=O) groups is 1. The Morgan fingerprint density at radius 1 is 1.21 bits per heavy atom. The van der Waals surface area contributed by atoms with E-state index in [0.29, 0.717) is 36.5 Å². The molecule has 9 nitrogen and oxygen atoms in total. The van der Waals surface area contributed by atoms with E-state index in [2.05, 4.69) is 9.71 Å². The number of rotatable bonds is 7. The van der Waals surface area contributed by atoms with E-state index >= 15 is 4.39 Å². The number of imidazole rings is 1. The van der Waals surface area contributed by atoms with Gasteiger partial charge in [0.05, 0.1) is 23.3 Å². The molecule has 1 N–H and O–H groups in total. The van der Waals surface area contributed by atoms with E-state index < -0.39 is 33.6 Å². The van der Waals surface area contributed by atoms with Crippen LogP contribution in [0.3, 0.4) is 0 Å². The largest absolute Gasteiger partial charge is 0.482 e. The first-order chi connectivity index (χ1) is 18.1. The van der Waals surface area contributed by atoms with Gasteiger partial charge in [0.25, 0.3) is 5.91 Å². The van der Waals surface area contributed by atoms with Crippen molar-refractivity contribution in [1.82, 2.24) is 19.4 Å². The fourth-order valence-corrected chi connectivity index (χ4v) is 6.31. The normalized spacial score (nSPS) is 16.8. The number of benzene rings is 1. The highest BCUT2D eigenvalue weighted by atomic mass is 32.2. The Morgan fingerprint density at radius 2 is 2.00 bits per heavy atom. The first kappa shape index (κ1) is 26.4. The van der Waals surface area contributed by atoms with Crippen molar-refractivity contribution in [3.63, 3.8) is 0 Å². The minimum atomic E-state index is -3.50. The van der Waals surface area contributed by atoms with Gasteiger partial charge in [0.1, 0.15) is 29.2 Å². The number of sulfonamides is 1. The van der Waals surface area contributed by atoms with Crippen LogP contribution in [0.1, 0.15) is 41.2 Å². The summed E-state index contributed by atoms with van der Waals surface area (Å²) in [5.74, 6) is -0.231. The second-order valence-corrected chi connectivity index (χ2v) is 12.1. The summed E-state index contributed by atoms with van der Waals surface area (Å²) in [7, 11) is -3.50. The standard InChI is InChI=1S/C25H27F2N5O4S2/c1-4-18-20(5-6-21(28-18)30-38(3,34)35)36-13-22(33)31-8-7-19-24(32-9-10-37-25(32)29-19)23(31)15-12-16(26)14(2)11-17(15)27/h5-6,11-12,23H,4,7-10,13H2,1-3H3,(H,28,30). The van der Waals surface area contributed by atoms with Crippen molar-refractivity contribution in [2.45, 2.75) is 44.4 Å². The summed E-state index contributed by atoms with van der Waals surface area (Å²) in [6.07, 6.45) is 1.95. The van der Waals surface area contributed by atoms with Crippen molar-refractivity contribution in [2.24, 2.45) is 0 Å². The zero-order chi connectivity index (χ0) is 27.2. The zero-order valence-electron chi connectivity index (χ0n) is 21.1. The van der Waals surface area contributed by atoms with Crippen LogP contribution < -0.4 is 9.46 Å². The fourth-order valence-electron chi connectivity index (χ4n) is 4.84. The molecule has 1 amide bonds. The molecule has 0 saturated heterocycles. The average Bonchev–Trinajstić information content (AvgIpc) is 3.45. The van der Waals surface area contributed by atoms with E-state index in [0.717, 1.165) is 28.9 Å². The minimum absolute atomic E-state index is 0.0779. The second kappa shape index (κ2) is 10.2. The third-order valence-electron chi connectivity index (χ3n) is 6.56. The van der Waals surface area contributed by atoms with E-state index in [-0.39, 0.29) is 30.1 Å². The van der Waals surface area contributed by atoms with Gasteiger partial charge in [0, 0.05) is 30.8 Å². The molecular formula is C25H27F2N5O4S2. The molecular weight excluding hydrogens is 536 g/mol. The lowest BCUT2D eigenvalue weighted by atomic mass is 9.93. The van der Waals surface area contributed by atoms with E-state index in [1.165, 1.54) is 24.0 Å². The molecule has 4 heterocycles. The average molecular weight is 564 g/mol. The fraction of sp³-hybridized carbons (Fsp3) is 0.400. The van der Waals surface area contributed by atoms with Crippen molar-refractivity contribution in [1.29, 1.82) is 0 Å². The molecule has 0 bridgehead atoms. The number of halogens is 2. The van der Waals surface area contributed by atoms with Gasteiger partial charge in [-0.2, -0.15) is 0 Å². The lowest BCUT2D eigenvalue weighted by Crippen LogP contribution is -2.44. The molecule has 38 heavy (non-hydrogen) atoms. The van der Waals surface area contributed by atoms with E-state index in [1.54, 1.807) is 17.8 Å². The van der Waals surface area contributed by atoms with Gasteiger partial charge in [-0.1, -0.05) is 18.7 Å². The number of aryl methyl sites for hydroxylation is 2. The molecule has 2 aliphatic rings. The van der Waals surface area contributed by atoms with E-state index in [1.807, 2.05) is 11.5 Å². The van der Waals surface area contributed by atoms with Crippen LogP contribution in [0.2, 0.25) is 0 Å². The lowest BCUT2D eigenvalue weighted by Gasteiger charge is -2.36. The third kappa shape index (κ3) is 5.08. The molecule has 2 aliphatic heterocycles. The molecule has 0 radical (unpaired) electrons. The van der Waals surface area contributed by atoms with Crippen molar-refractivity contribution in [3.05, 3.63) is 64.1 Å². The second-order valence-electron chi connectivity index (χ2n) is 9.25. The topological polar surface area (TPSA) is 106 Å². The Hall–Kier alpha value is -3.19. The number of hydrogen-bond donors (Lipinski definition) is 1. The monoisotopic (exact) mass is 563 g/mol. The number of nitrogens with zero attached hydrogens (tertiary/aromatic N) is 4. The summed E-state index contributed by atoms with van der Waals surface area (Å²) in [6.45, 7) is 3.91. The number of carbonyl (C=O) groups excluding carboxylic acids is 1. The number of nitrogens with one attached hydrogen (secondary N) is 1. The number of aromatic nitrogens is 3. The Kier molecular flexibility index (Phi) is 7.07. The molecule has 202 valence electrons. The molecule has 0 aliphatic carbocycles. The third-order valence-corrected chi connectivity index (χ3v) is 8.09. The van der Waals surface area contributed by atoms with Crippen LogP contribution in [-0.2, 0) is 34.2 Å². The molecule has 1 unspecified atom stereocenters. The van der Waals surface area contributed by atoms with Crippen molar-refractivity contribution >= 4 is 33.5 Å². The molecule has 0 fully saturated rings. The first-order valence-corrected chi connectivity index (χ1v) is 15.0. The maximum Gasteiger partial charge on any atom is 0.261 e. The maximum atomic E-state index is 15.3. The van der Waals surface area contributed by atoms with Crippen LogP contribution in [-0.4, -0.2) is 58.9 Å². The van der Waals surface area contributed by atoms with Gasteiger partial charge in [0.2, 0.25) is 10.0 Å². The predicted molar refractivity (Wildman–Crippen MR) is 139 cm³/mol. The number of anilines is 1. The predicted octanol–water partition coefficient (Wildman–Crippen LogP) is 3.46. The summed E-state index contributed by atoms with van der Waals surface area (Å²) in [5, 5.41) is 0.819. The van der Waals surface area contributed by atoms with Crippen LogP contribution in [0.25, 0.3) is 0 Å². The van der Waals surface area contributed by atoms with Crippen LogP contribution >= 0.6 is 11.8 Å². The number of thioether (sulfide) groups is 1. The Labute approximate surface area is 223 Å². The highest BCUT2D eigenvalue weighted by Gasteiger charge is 2.39. The molecule has 3 aromatic rings. The molecule has 1 aromatic carbocycles. The summed E-state index contributed by atoms with van der Waals surface area (Å²) in [4.78, 5) is 24.0. The van der Waals surface area contributed by atoms with E-state index in [9.17, 15) is 17.6 Å². The van der Waals surface area contributed by atoms with Gasteiger partial charge in [-0.05, 0) is 43.2 Å². The number of ether oxygens (including phenoxy) is 1. The van der Waals surface area contributed by atoms with Crippen LogP contribution in [0.4, 0.5) is 14.6 Å². The maximum absolute atomic E-state index is 15.3. The van der Waals surface area contributed by atoms with Crippen molar-refractivity contribution in [2.75, 3.05) is 29.9 Å². The molecule has 0 saturated carbocycles. The molecule has 5 rings (SSSR count). The van der Waals surface area contributed by atoms with Gasteiger partial charge in [-0.3, -0.25) is 9.52 Å². The number of pyridine rings is 1. The Bertz CT molecular complexity index is 1530. The molecule has 2 aromatic heterocycles. The highest BCUT2D eigenvalue weighted by Crippen LogP contribution is 2.41. The summed E-state index contributed by atoms with van der Waals surface area (Å²) >= 11 is 1.60. The zero-order valence-corrected chi connectivity index (χ0v) is 22.8. The smallest absolute Gasteiger partial charge is 0.261 e. The summed E-state index contributed by atoms with van der Waals surface area (Å²) in [6, 6.07) is 4.47. The minimum Gasteiger partial charge on any atom is -0.482 e.